The molecule has 2 rings (SSSR count). The van der Waals surface area contributed by atoms with Crippen molar-refractivity contribution in [2.75, 3.05) is 6.54 Å². The summed E-state index contributed by atoms with van der Waals surface area (Å²) in [6.07, 6.45) is 2.39. The Morgan fingerprint density at radius 1 is 1.47 bits per heavy atom. The van der Waals surface area contributed by atoms with Crippen molar-refractivity contribution in [1.82, 2.24) is 5.32 Å². The fourth-order valence-electron chi connectivity index (χ4n) is 2.44. The topological polar surface area (TPSA) is 55.2 Å². The zero-order valence-corrected chi connectivity index (χ0v) is 11.3. The van der Waals surface area contributed by atoms with E-state index in [1.807, 2.05) is 0 Å². The van der Waals surface area contributed by atoms with Gasteiger partial charge >= 0.3 is 0 Å². The molecule has 0 spiro atoms. The van der Waals surface area contributed by atoms with Gasteiger partial charge in [-0.25, -0.2) is 4.39 Å². The molecular weight excluding hydrogens is 247 g/mol. The summed E-state index contributed by atoms with van der Waals surface area (Å²) in [7, 11) is 0. The lowest BCUT2D eigenvalue weighted by atomic mass is 9.92. The van der Waals surface area contributed by atoms with Crippen molar-refractivity contribution >= 4 is 5.69 Å². The number of nitrogens with zero attached hydrogens (tertiary/aromatic N) is 1. The number of halogens is 1. The summed E-state index contributed by atoms with van der Waals surface area (Å²) in [4.78, 5) is 10.4. The van der Waals surface area contributed by atoms with Gasteiger partial charge in [-0.3, -0.25) is 10.1 Å². The highest BCUT2D eigenvalue weighted by molar-refractivity contribution is 5.40. The summed E-state index contributed by atoms with van der Waals surface area (Å²) in [5, 5.41) is 14.1. The molecule has 19 heavy (non-hydrogen) atoms. The summed E-state index contributed by atoms with van der Waals surface area (Å²) in [5.41, 5.74) is 0.718. The van der Waals surface area contributed by atoms with E-state index in [0.29, 0.717) is 23.4 Å². The van der Waals surface area contributed by atoms with E-state index in [4.69, 9.17) is 0 Å². The molecule has 1 aliphatic carbocycles. The minimum atomic E-state index is -0.466. The minimum Gasteiger partial charge on any atom is -0.312 e. The number of hydrogen-bond acceptors (Lipinski definition) is 3. The van der Waals surface area contributed by atoms with Gasteiger partial charge in [0.15, 0.2) is 0 Å². The van der Waals surface area contributed by atoms with Crippen LogP contribution in [-0.4, -0.2) is 11.5 Å². The van der Waals surface area contributed by atoms with Gasteiger partial charge in [-0.1, -0.05) is 13.8 Å². The summed E-state index contributed by atoms with van der Waals surface area (Å²) in [5.74, 6) is 0.162. The molecule has 0 amide bonds. The smallest absolute Gasteiger partial charge is 0.274 e. The van der Waals surface area contributed by atoms with Gasteiger partial charge in [0.25, 0.3) is 5.69 Å². The lowest BCUT2D eigenvalue weighted by molar-refractivity contribution is -0.385. The predicted octanol–water partition coefficient (Wildman–Crippen LogP) is 3.26. The summed E-state index contributed by atoms with van der Waals surface area (Å²) in [6, 6.07) is 3.58. The first-order valence-corrected chi connectivity index (χ1v) is 6.58. The maximum atomic E-state index is 13.2. The first kappa shape index (κ1) is 13.9. The first-order valence-electron chi connectivity index (χ1n) is 6.58. The van der Waals surface area contributed by atoms with Crippen LogP contribution in [0.2, 0.25) is 0 Å². The largest absolute Gasteiger partial charge is 0.312 e. The number of rotatable bonds is 6. The van der Waals surface area contributed by atoms with Crippen LogP contribution in [0.5, 0.6) is 0 Å². The number of benzene rings is 1. The SMILES string of the molecule is CC(C)C1(CNCc2cc(F)ccc2[N+](=O)[O-])CC1. The molecule has 0 aliphatic heterocycles. The average Bonchev–Trinajstić information content (AvgIpc) is 3.10. The Morgan fingerprint density at radius 3 is 2.68 bits per heavy atom. The Morgan fingerprint density at radius 2 is 2.16 bits per heavy atom. The van der Waals surface area contributed by atoms with Gasteiger partial charge in [-0.05, 0) is 36.3 Å². The van der Waals surface area contributed by atoms with E-state index in [-0.39, 0.29) is 5.69 Å². The number of nitro benzene ring substituents is 1. The van der Waals surface area contributed by atoms with Gasteiger partial charge in [0.2, 0.25) is 0 Å². The minimum absolute atomic E-state index is 0.0247. The molecule has 1 N–H and O–H groups in total. The van der Waals surface area contributed by atoms with Crippen LogP contribution in [0, 0.1) is 27.3 Å². The molecule has 4 nitrogen and oxygen atoms in total. The van der Waals surface area contributed by atoms with Gasteiger partial charge < -0.3 is 5.32 Å². The highest BCUT2D eigenvalue weighted by Crippen LogP contribution is 2.51. The zero-order valence-electron chi connectivity index (χ0n) is 11.3. The fraction of sp³-hybridized carbons (Fsp3) is 0.571. The van der Waals surface area contributed by atoms with Crippen molar-refractivity contribution in [2.45, 2.75) is 33.2 Å². The molecule has 0 bridgehead atoms. The summed E-state index contributed by atoms with van der Waals surface area (Å²) >= 11 is 0. The van der Waals surface area contributed by atoms with E-state index < -0.39 is 10.7 Å². The highest BCUT2D eigenvalue weighted by atomic mass is 19.1. The number of nitro groups is 1. The van der Waals surface area contributed by atoms with Gasteiger partial charge in [0.1, 0.15) is 5.82 Å². The van der Waals surface area contributed by atoms with E-state index in [2.05, 4.69) is 19.2 Å². The van der Waals surface area contributed by atoms with Gasteiger partial charge in [-0.2, -0.15) is 0 Å². The van der Waals surface area contributed by atoms with Crippen molar-refractivity contribution in [2.24, 2.45) is 11.3 Å². The van der Waals surface area contributed by atoms with Crippen molar-refractivity contribution in [3.8, 4) is 0 Å². The maximum Gasteiger partial charge on any atom is 0.274 e. The molecule has 0 radical (unpaired) electrons. The van der Waals surface area contributed by atoms with Crippen LogP contribution in [-0.2, 0) is 6.54 Å². The quantitative estimate of drug-likeness (QED) is 0.635. The highest BCUT2D eigenvalue weighted by Gasteiger charge is 2.44. The molecule has 1 saturated carbocycles. The second-order valence-corrected chi connectivity index (χ2v) is 5.65. The molecule has 5 heteroatoms. The molecular formula is C14H19FN2O2. The van der Waals surface area contributed by atoms with E-state index in [9.17, 15) is 14.5 Å². The monoisotopic (exact) mass is 266 g/mol. The molecule has 0 heterocycles. The van der Waals surface area contributed by atoms with E-state index in [0.717, 1.165) is 12.6 Å². The van der Waals surface area contributed by atoms with Crippen molar-refractivity contribution in [3.63, 3.8) is 0 Å². The summed E-state index contributed by atoms with van der Waals surface area (Å²) < 4.78 is 13.2. The van der Waals surface area contributed by atoms with Crippen LogP contribution in [0.15, 0.2) is 18.2 Å². The molecule has 0 aromatic heterocycles. The van der Waals surface area contributed by atoms with Crippen molar-refractivity contribution in [1.29, 1.82) is 0 Å². The third-order valence-corrected chi connectivity index (χ3v) is 4.15. The Balaban J connectivity index is 1.99. The second kappa shape index (κ2) is 5.25. The van der Waals surface area contributed by atoms with Crippen LogP contribution in [0.3, 0.4) is 0 Å². The number of nitrogens with one attached hydrogen (secondary N) is 1. The van der Waals surface area contributed by atoms with Crippen molar-refractivity contribution in [3.05, 3.63) is 39.7 Å². The van der Waals surface area contributed by atoms with E-state index >= 15 is 0 Å². The van der Waals surface area contributed by atoms with Crippen LogP contribution < -0.4 is 5.32 Å². The molecule has 1 aromatic carbocycles. The molecule has 1 fully saturated rings. The normalized spacial score (nSPS) is 16.6. The third kappa shape index (κ3) is 3.10. The maximum absolute atomic E-state index is 13.2. The van der Waals surface area contributed by atoms with E-state index in [1.54, 1.807) is 0 Å². The second-order valence-electron chi connectivity index (χ2n) is 5.65. The fourth-order valence-corrected chi connectivity index (χ4v) is 2.44. The van der Waals surface area contributed by atoms with Crippen molar-refractivity contribution < 1.29 is 9.31 Å². The Hall–Kier alpha value is -1.49. The molecule has 0 atom stereocenters. The Labute approximate surface area is 112 Å². The average molecular weight is 266 g/mol. The Bertz CT molecular complexity index is 484. The number of hydrogen-bond donors (Lipinski definition) is 1. The molecule has 0 saturated heterocycles. The molecule has 104 valence electrons. The van der Waals surface area contributed by atoms with Gasteiger partial charge in [0, 0.05) is 24.7 Å². The molecule has 1 aromatic rings. The van der Waals surface area contributed by atoms with Crippen LogP contribution in [0.1, 0.15) is 32.3 Å². The Kier molecular flexibility index (Phi) is 3.85. The standard InChI is InChI=1S/C14H19FN2O2/c1-10(2)14(5-6-14)9-16-8-11-7-12(15)3-4-13(11)17(18)19/h3-4,7,10,16H,5-6,8-9H2,1-2H3. The lowest BCUT2D eigenvalue weighted by Crippen LogP contribution is -2.27. The molecule has 0 unspecified atom stereocenters. The summed E-state index contributed by atoms with van der Waals surface area (Å²) in [6.45, 7) is 5.56. The van der Waals surface area contributed by atoms with Crippen LogP contribution in [0.25, 0.3) is 0 Å². The van der Waals surface area contributed by atoms with Gasteiger partial charge in [-0.15, -0.1) is 0 Å². The first-order chi connectivity index (χ1) is 8.94. The lowest BCUT2D eigenvalue weighted by Gasteiger charge is -2.20. The van der Waals surface area contributed by atoms with Crippen LogP contribution >= 0.6 is 0 Å². The third-order valence-electron chi connectivity index (χ3n) is 4.15. The molecule has 1 aliphatic rings. The predicted molar refractivity (Wildman–Crippen MR) is 71.3 cm³/mol. The van der Waals surface area contributed by atoms with Crippen LogP contribution in [0.4, 0.5) is 10.1 Å². The van der Waals surface area contributed by atoms with Gasteiger partial charge in [0.05, 0.1) is 4.92 Å². The van der Waals surface area contributed by atoms with E-state index in [1.165, 1.54) is 25.0 Å². The zero-order chi connectivity index (χ0) is 14.0.